The Morgan fingerprint density at radius 2 is 2.08 bits per heavy atom. The summed E-state index contributed by atoms with van der Waals surface area (Å²) in [6, 6.07) is 3.77. The zero-order valence-electron chi connectivity index (χ0n) is 14.8. The molecule has 134 valence electrons. The van der Waals surface area contributed by atoms with E-state index in [0.717, 1.165) is 24.5 Å². The molecule has 0 bridgehead atoms. The van der Waals surface area contributed by atoms with Crippen LogP contribution in [-0.4, -0.2) is 41.9 Å². The van der Waals surface area contributed by atoms with Gasteiger partial charge in [-0.1, -0.05) is 13.8 Å². The number of nitrogens with one attached hydrogen (secondary N) is 2. The molecule has 6 nitrogen and oxygen atoms in total. The number of pyridine rings is 1. The molecular formula is C18H30N4O2. The molecule has 2 amide bonds. The lowest BCUT2D eigenvalue weighted by atomic mass is 10.0. The number of piperidine rings is 1. The maximum atomic E-state index is 12.1. The first-order chi connectivity index (χ1) is 11.6. The number of hydrogen-bond acceptors (Lipinski definition) is 4. The zero-order valence-corrected chi connectivity index (χ0v) is 14.8. The molecule has 0 spiro atoms. The molecule has 1 aliphatic heterocycles. The molecule has 1 fully saturated rings. The minimum Gasteiger partial charge on any atom is -0.396 e. The first kappa shape index (κ1) is 18.5. The Morgan fingerprint density at radius 3 is 2.75 bits per heavy atom. The number of urea groups is 1. The second-order valence-electron chi connectivity index (χ2n) is 6.76. The first-order valence-electron chi connectivity index (χ1n) is 8.95. The van der Waals surface area contributed by atoms with Crippen LogP contribution in [0, 0.1) is 5.92 Å². The quantitative estimate of drug-likeness (QED) is 0.715. The number of rotatable bonds is 7. The van der Waals surface area contributed by atoms with Gasteiger partial charge < -0.3 is 20.6 Å². The number of amides is 2. The smallest absolute Gasteiger partial charge is 0.315 e. The number of aromatic nitrogens is 1. The molecular weight excluding hydrogens is 304 g/mol. The predicted molar refractivity (Wildman–Crippen MR) is 96.0 cm³/mol. The van der Waals surface area contributed by atoms with Gasteiger partial charge >= 0.3 is 6.03 Å². The van der Waals surface area contributed by atoms with Gasteiger partial charge in [-0.05, 0) is 49.3 Å². The highest BCUT2D eigenvalue weighted by atomic mass is 16.3. The van der Waals surface area contributed by atoms with Gasteiger partial charge in [0.15, 0.2) is 0 Å². The molecule has 0 saturated carbocycles. The van der Waals surface area contributed by atoms with E-state index >= 15 is 0 Å². The largest absolute Gasteiger partial charge is 0.396 e. The van der Waals surface area contributed by atoms with Crippen LogP contribution in [0.2, 0.25) is 0 Å². The van der Waals surface area contributed by atoms with E-state index in [9.17, 15) is 4.79 Å². The van der Waals surface area contributed by atoms with E-state index in [1.165, 1.54) is 19.3 Å². The predicted octanol–water partition coefficient (Wildman–Crippen LogP) is 2.28. The van der Waals surface area contributed by atoms with Gasteiger partial charge in [0.05, 0.1) is 0 Å². The maximum Gasteiger partial charge on any atom is 0.315 e. The molecule has 1 saturated heterocycles. The summed E-state index contributed by atoms with van der Waals surface area (Å²) in [7, 11) is 0. The van der Waals surface area contributed by atoms with Crippen molar-refractivity contribution in [2.24, 2.45) is 5.92 Å². The summed E-state index contributed by atoms with van der Waals surface area (Å²) in [5.74, 6) is 1.28. The number of nitrogens with zero attached hydrogens (tertiary/aromatic N) is 2. The number of hydrogen-bond donors (Lipinski definition) is 3. The van der Waals surface area contributed by atoms with Crippen molar-refractivity contribution in [1.82, 2.24) is 15.6 Å². The van der Waals surface area contributed by atoms with Gasteiger partial charge in [-0.15, -0.1) is 0 Å². The summed E-state index contributed by atoms with van der Waals surface area (Å²) < 4.78 is 0. The Bertz CT molecular complexity index is 515. The standard InChI is InChI=1S/C18H30N4O2/c1-14(2)16(7-11-23)21-18(24)20-13-15-6-8-19-17(12-15)22-9-4-3-5-10-22/h6,8,12,14,16,23H,3-5,7,9-11,13H2,1-2H3,(H2,20,21,24). The lowest BCUT2D eigenvalue weighted by molar-refractivity contribution is 0.218. The molecule has 0 aromatic carbocycles. The third-order valence-corrected chi connectivity index (χ3v) is 4.50. The van der Waals surface area contributed by atoms with E-state index < -0.39 is 0 Å². The van der Waals surface area contributed by atoms with Gasteiger partial charge in [-0.25, -0.2) is 9.78 Å². The van der Waals surface area contributed by atoms with Crippen LogP contribution in [0.25, 0.3) is 0 Å². The fraction of sp³-hybridized carbons (Fsp3) is 0.667. The van der Waals surface area contributed by atoms with E-state index in [-0.39, 0.29) is 24.6 Å². The molecule has 24 heavy (non-hydrogen) atoms. The third-order valence-electron chi connectivity index (χ3n) is 4.50. The van der Waals surface area contributed by atoms with Crippen LogP contribution in [0.5, 0.6) is 0 Å². The summed E-state index contributed by atoms with van der Waals surface area (Å²) in [6.45, 7) is 6.73. The van der Waals surface area contributed by atoms with Crippen LogP contribution in [-0.2, 0) is 6.54 Å². The normalized spacial score (nSPS) is 16.1. The highest BCUT2D eigenvalue weighted by molar-refractivity contribution is 5.74. The molecule has 1 aromatic rings. The van der Waals surface area contributed by atoms with Crippen LogP contribution < -0.4 is 15.5 Å². The van der Waals surface area contributed by atoms with Crippen molar-refractivity contribution in [3.63, 3.8) is 0 Å². The molecule has 0 aliphatic carbocycles. The molecule has 1 atom stereocenters. The minimum absolute atomic E-state index is 0.0173. The van der Waals surface area contributed by atoms with Crippen LogP contribution in [0.4, 0.5) is 10.6 Å². The van der Waals surface area contributed by atoms with Gasteiger partial charge in [-0.3, -0.25) is 0 Å². The maximum absolute atomic E-state index is 12.1. The van der Waals surface area contributed by atoms with Crippen molar-refractivity contribution >= 4 is 11.8 Å². The van der Waals surface area contributed by atoms with Crippen molar-refractivity contribution in [3.8, 4) is 0 Å². The van der Waals surface area contributed by atoms with E-state index in [4.69, 9.17) is 5.11 Å². The van der Waals surface area contributed by atoms with Crippen LogP contribution in [0.15, 0.2) is 18.3 Å². The molecule has 1 aromatic heterocycles. The fourth-order valence-corrected chi connectivity index (χ4v) is 2.98. The lowest BCUT2D eigenvalue weighted by Crippen LogP contribution is -2.44. The Balaban J connectivity index is 1.86. The number of aliphatic hydroxyl groups excluding tert-OH is 1. The summed E-state index contributed by atoms with van der Waals surface area (Å²) in [5.41, 5.74) is 1.05. The summed E-state index contributed by atoms with van der Waals surface area (Å²) in [4.78, 5) is 18.8. The van der Waals surface area contributed by atoms with Crippen LogP contribution >= 0.6 is 0 Å². The van der Waals surface area contributed by atoms with Gasteiger partial charge in [0.1, 0.15) is 5.82 Å². The average Bonchev–Trinajstić information content (AvgIpc) is 2.60. The zero-order chi connectivity index (χ0) is 17.4. The lowest BCUT2D eigenvalue weighted by Gasteiger charge is -2.28. The fourth-order valence-electron chi connectivity index (χ4n) is 2.98. The SMILES string of the molecule is CC(C)C(CCO)NC(=O)NCc1ccnc(N2CCCCC2)c1. The second kappa shape index (κ2) is 9.47. The Labute approximate surface area is 144 Å². The van der Waals surface area contributed by atoms with Gasteiger partial charge in [-0.2, -0.15) is 0 Å². The Kier molecular flexibility index (Phi) is 7.31. The molecule has 1 aliphatic rings. The summed E-state index contributed by atoms with van der Waals surface area (Å²) in [5, 5.41) is 14.9. The molecule has 2 rings (SSSR count). The number of anilines is 1. The number of carbonyl (C=O) groups excluding carboxylic acids is 1. The van der Waals surface area contributed by atoms with E-state index in [2.05, 4.69) is 26.6 Å². The van der Waals surface area contributed by atoms with Crippen molar-refractivity contribution in [2.75, 3.05) is 24.6 Å². The topological polar surface area (TPSA) is 77.5 Å². The van der Waals surface area contributed by atoms with Crippen molar-refractivity contribution in [1.29, 1.82) is 0 Å². The highest BCUT2D eigenvalue weighted by Crippen LogP contribution is 2.18. The second-order valence-corrected chi connectivity index (χ2v) is 6.76. The first-order valence-corrected chi connectivity index (χ1v) is 8.95. The highest BCUT2D eigenvalue weighted by Gasteiger charge is 2.16. The van der Waals surface area contributed by atoms with Gasteiger partial charge in [0, 0.05) is 38.5 Å². The molecule has 3 N–H and O–H groups in total. The van der Waals surface area contributed by atoms with Gasteiger partial charge in [0.2, 0.25) is 0 Å². The Morgan fingerprint density at radius 1 is 1.33 bits per heavy atom. The third kappa shape index (κ3) is 5.67. The summed E-state index contributed by atoms with van der Waals surface area (Å²) >= 11 is 0. The average molecular weight is 334 g/mol. The Hall–Kier alpha value is -1.82. The van der Waals surface area contributed by atoms with Crippen LogP contribution in [0.1, 0.15) is 45.1 Å². The van der Waals surface area contributed by atoms with Gasteiger partial charge in [0.25, 0.3) is 0 Å². The monoisotopic (exact) mass is 334 g/mol. The summed E-state index contributed by atoms with van der Waals surface area (Å²) in [6.07, 6.45) is 6.10. The van der Waals surface area contributed by atoms with Crippen molar-refractivity contribution in [2.45, 2.75) is 52.1 Å². The van der Waals surface area contributed by atoms with Crippen molar-refractivity contribution < 1.29 is 9.90 Å². The minimum atomic E-state index is -0.196. The number of carbonyl (C=O) groups is 1. The van der Waals surface area contributed by atoms with Crippen LogP contribution in [0.3, 0.4) is 0 Å². The molecule has 0 radical (unpaired) electrons. The molecule has 6 heteroatoms. The molecule has 2 heterocycles. The van der Waals surface area contributed by atoms with Crippen molar-refractivity contribution in [3.05, 3.63) is 23.9 Å². The number of aliphatic hydroxyl groups is 1. The van der Waals surface area contributed by atoms with E-state index in [1.54, 1.807) is 0 Å². The van der Waals surface area contributed by atoms with E-state index in [1.807, 2.05) is 26.1 Å². The molecule has 1 unspecified atom stereocenters. The van der Waals surface area contributed by atoms with E-state index in [0.29, 0.717) is 13.0 Å².